The van der Waals surface area contributed by atoms with Crippen LogP contribution in [-0.4, -0.2) is 156 Å². The summed E-state index contributed by atoms with van der Waals surface area (Å²) in [6.45, 7) is 13.3. The highest BCUT2D eigenvalue weighted by Crippen LogP contribution is 2.02. The molecule has 0 aliphatic rings. The Bertz CT molecular complexity index is 722. The summed E-state index contributed by atoms with van der Waals surface area (Å²) in [5.41, 5.74) is 1.16. The molecule has 1 aromatic rings. The van der Waals surface area contributed by atoms with Gasteiger partial charge in [0.05, 0.1) is 152 Å². The molecule has 0 bridgehead atoms. The standard InChI is InChI=1S/C35H63IO12/c36-10-6-1-2-7-11-37-12-13-38-14-15-39-16-17-40-18-19-41-20-21-42-22-23-43-24-25-44-26-27-45-28-29-46-30-31-47-32-33-48-34-35-8-4-3-5-9-35/h3-5,8-9H,1-2,6-7,10-34H2. The number of rotatable bonds is 41. The SMILES string of the molecule is ICCCCCCOCCOCCOCCOCCOCCOCCOCCOCCOCCOCCOCCOCc1ccccc1. The van der Waals surface area contributed by atoms with Gasteiger partial charge in [-0.3, -0.25) is 0 Å². The van der Waals surface area contributed by atoms with Crippen LogP contribution in [-0.2, 0) is 63.4 Å². The topological polar surface area (TPSA) is 111 Å². The highest BCUT2D eigenvalue weighted by atomic mass is 127. The maximum absolute atomic E-state index is 5.57. The van der Waals surface area contributed by atoms with E-state index < -0.39 is 0 Å². The lowest BCUT2D eigenvalue weighted by atomic mass is 10.2. The fraction of sp³-hybridized carbons (Fsp3) is 0.829. The molecule has 282 valence electrons. The summed E-state index contributed by atoms with van der Waals surface area (Å²) in [5.74, 6) is 0. The van der Waals surface area contributed by atoms with Gasteiger partial charge in [-0.2, -0.15) is 0 Å². The Hall–Kier alpha value is -0.530. The van der Waals surface area contributed by atoms with Crippen LogP contribution in [0.5, 0.6) is 0 Å². The van der Waals surface area contributed by atoms with E-state index in [1.807, 2.05) is 30.3 Å². The van der Waals surface area contributed by atoms with E-state index >= 15 is 0 Å². The molecule has 0 atom stereocenters. The molecule has 0 aliphatic heterocycles. The van der Waals surface area contributed by atoms with E-state index in [0.717, 1.165) is 18.6 Å². The lowest BCUT2D eigenvalue weighted by Crippen LogP contribution is -2.15. The Kier molecular flexibility index (Phi) is 38.8. The third kappa shape index (κ3) is 36.7. The smallest absolute Gasteiger partial charge is 0.0718 e. The Balaban J connectivity index is 1.60. The number of benzene rings is 1. The van der Waals surface area contributed by atoms with Crippen molar-refractivity contribution in [3.63, 3.8) is 0 Å². The molecule has 0 unspecified atom stereocenters. The van der Waals surface area contributed by atoms with Crippen molar-refractivity contribution in [3.05, 3.63) is 35.9 Å². The van der Waals surface area contributed by atoms with E-state index in [9.17, 15) is 0 Å². The van der Waals surface area contributed by atoms with Gasteiger partial charge in [-0.15, -0.1) is 0 Å². The average molecular weight is 803 g/mol. The third-order valence-electron chi connectivity index (χ3n) is 6.38. The molecule has 0 N–H and O–H groups in total. The van der Waals surface area contributed by atoms with Crippen LogP contribution in [0.4, 0.5) is 0 Å². The zero-order valence-electron chi connectivity index (χ0n) is 29.2. The zero-order valence-corrected chi connectivity index (χ0v) is 31.3. The molecule has 0 fully saturated rings. The zero-order chi connectivity index (χ0) is 34.1. The molecule has 0 aromatic heterocycles. The first-order valence-corrected chi connectivity index (χ1v) is 19.0. The fourth-order valence-corrected chi connectivity index (χ4v) is 4.37. The van der Waals surface area contributed by atoms with Gasteiger partial charge in [0, 0.05) is 6.61 Å². The van der Waals surface area contributed by atoms with Crippen molar-refractivity contribution in [3.8, 4) is 0 Å². The quantitative estimate of drug-likeness (QED) is 0.0533. The van der Waals surface area contributed by atoms with Gasteiger partial charge >= 0.3 is 0 Å². The highest BCUT2D eigenvalue weighted by Gasteiger charge is 1.97. The summed E-state index contributed by atoms with van der Waals surface area (Å²) in [5, 5.41) is 0. The lowest BCUT2D eigenvalue weighted by molar-refractivity contribution is -0.0285. The summed E-state index contributed by atoms with van der Waals surface area (Å²) < 4.78 is 67.3. The lowest BCUT2D eigenvalue weighted by Gasteiger charge is -2.09. The van der Waals surface area contributed by atoms with Crippen LogP contribution >= 0.6 is 22.6 Å². The monoisotopic (exact) mass is 802 g/mol. The minimum atomic E-state index is 0.516. The number of hydrogen-bond donors (Lipinski definition) is 0. The molecule has 13 heteroatoms. The van der Waals surface area contributed by atoms with Gasteiger partial charge in [-0.25, -0.2) is 0 Å². The normalized spacial score (nSPS) is 11.5. The molecule has 12 nitrogen and oxygen atoms in total. The summed E-state index contributed by atoms with van der Waals surface area (Å²) in [4.78, 5) is 0. The molecule has 48 heavy (non-hydrogen) atoms. The van der Waals surface area contributed by atoms with E-state index in [-0.39, 0.29) is 0 Å². The van der Waals surface area contributed by atoms with Crippen LogP contribution in [0, 0.1) is 0 Å². The van der Waals surface area contributed by atoms with Crippen molar-refractivity contribution >= 4 is 22.6 Å². The van der Waals surface area contributed by atoms with Crippen LogP contribution in [0.25, 0.3) is 0 Å². The number of halogens is 1. The number of ether oxygens (including phenoxy) is 12. The molecule has 0 spiro atoms. The van der Waals surface area contributed by atoms with Crippen molar-refractivity contribution in [1.82, 2.24) is 0 Å². The summed E-state index contributed by atoms with van der Waals surface area (Å²) in [6.07, 6.45) is 4.98. The number of alkyl halides is 1. The predicted molar refractivity (Wildman–Crippen MR) is 192 cm³/mol. The molecule has 0 saturated heterocycles. The predicted octanol–water partition coefficient (Wildman–Crippen LogP) is 4.38. The third-order valence-corrected chi connectivity index (χ3v) is 7.14. The second kappa shape index (κ2) is 40.9. The molecule has 0 radical (unpaired) electrons. The van der Waals surface area contributed by atoms with Crippen molar-refractivity contribution in [2.75, 3.05) is 156 Å². The summed E-state index contributed by atoms with van der Waals surface area (Å²) >= 11 is 2.42. The Labute approximate surface area is 303 Å². The van der Waals surface area contributed by atoms with E-state index in [2.05, 4.69) is 22.6 Å². The van der Waals surface area contributed by atoms with E-state index in [4.69, 9.17) is 56.8 Å². The van der Waals surface area contributed by atoms with Crippen molar-refractivity contribution in [2.24, 2.45) is 0 Å². The maximum atomic E-state index is 5.57. The van der Waals surface area contributed by atoms with Gasteiger partial charge < -0.3 is 56.8 Å². The minimum absolute atomic E-state index is 0.516. The van der Waals surface area contributed by atoms with E-state index in [0.29, 0.717) is 152 Å². The number of hydrogen-bond acceptors (Lipinski definition) is 12. The second-order valence-corrected chi connectivity index (χ2v) is 11.5. The first kappa shape index (κ1) is 45.5. The second-order valence-electron chi connectivity index (χ2n) is 10.4. The molecule has 1 rings (SSSR count). The van der Waals surface area contributed by atoms with Gasteiger partial charge in [-0.1, -0.05) is 65.8 Å². The average Bonchev–Trinajstić information content (AvgIpc) is 3.11. The van der Waals surface area contributed by atoms with Gasteiger partial charge in [0.15, 0.2) is 0 Å². The summed E-state index contributed by atoms with van der Waals surface area (Å²) in [6, 6.07) is 10.1. The minimum Gasteiger partial charge on any atom is -0.379 e. The Morgan fingerprint density at radius 2 is 0.562 bits per heavy atom. The Morgan fingerprint density at radius 3 is 0.875 bits per heavy atom. The van der Waals surface area contributed by atoms with Crippen LogP contribution < -0.4 is 0 Å². The van der Waals surface area contributed by atoms with Gasteiger partial charge in [0.25, 0.3) is 0 Å². The van der Waals surface area contributed by atoms with E-state index in [1.54, 1.807) is 0 Å². The van der Waals surface area contributed by atoms with Gasteiger partial charge in [-0.05, 0) is 22.8 Å². The van der Waals surface area contributed by atoms with Crippen LogP contribution in [0.1, 0.15) is 31.2 Å². The van der Waals surface area contributed by atoms with Crippen LogP contribution in [0.2, 0.25) is 0 Å². The van der Waals surface area contributed by atoms with Crippen LogP contribution in [0.3, 0.4) is 0 Å². The van der Waals surface area contributed by atoms with Crippen molar-refractivity contribution in [1.29, 1.82) is 0 Å². The molecule has 0 amide bonds. The fourth-order valence-electron chi connectivity index (χ4n) is 3.84. The highest BCUT2D eigenvalue weighted by molar-refractivity contribution is 14.1. The Morgan fingerprint density at radius 1 is 0.292 bits per heavy atom. The molecule has 0 aliphatic carbocycles. The first-order valence-electron chi connectivity index (χ1n) is 17.5. The van der Waals surface area contributed by atoms with Gasteiger partial charge in [0.2, 0.25) is 0 Å². The van der Waals surface area contributed by atoms with Crippen LogP contribution in [0.15, 0.2) is 30.3 Å². The molecule has 0 saturated carbocycles. The maximum Gasteiger partial charge on any atom is 0.0718 e. The van der Waals surface area contributed by atoms with E-state index in [1.165, 1.54) is 23.7 Å². The van der Waals surface area contributed by atoms with Crippen molar-refractivity contribution < 1.29 is 56.8 Å². The first-order chi connectivity index (χ1) is 23.9. The molecule has 0 heterocycles. The largest absolute Gasteiger partial charge is 0.379 e. The summed E-state index contributed by atoms with van der Waals surface area (Å²) in [7, 11) is 0. The molecule has 1 aromatic carbocycles. The molecular weight excluding hydrogens is 739 g/mol. The number of unbranched alkanes of at least 4 members (excludes halogenated alkanes) is 3. The van der Waals surface area contributed by atoms with Gasteiger partial charge in [0.1, 0.15) is 0 Å². The molecular formula is C35H63IO12. The van der Waals surface area contributed by atoms with Crippen molar-refractivity contribution in [2.45, 2.75) is 32.3 Å².